The molecule has 0 bridgehead atoms. The fourth-order valence-electron chi connectivity index (χ4n) is 4.22. The molecule has 0 spiro atoms. The summed E-state index contributed by atoms with van der Waals surface area (Å²) in [6, 6.07) is 16.0. The van der Waals surface area contributed by atoms with Crippen LogP contribution in [0.15, 0.2) is 110 Å². The van der Waals surface area contributed by atoms with E-state index in [4.69, 9.17) is 25.5 Å². The van der Waals surface area contributed by atoms with Crippen LogP contribution in [0.1, 0.15) is 62.1 Å². The van der Waals surface area contributed by atoms with Crippen molar-refractivity contribution in [2.24, 2.45) is 0 Å². The fraction of sp³-hybridized carbons (Fsp3) is 0. The van der Waals surface area contributed by atoms with Crippen molar-refractivity contribution in [2.45, 2.75) is 0 Å². The Labute approximate surface area is 345 Å². The molecule has 57 heavy (non-hydrogen) atoms. The number of hydrogen-bond donors (Lipinski definition) is 5. The van der Waals surface area contributed by atoms with Crippen molar-refractivity contribution in [1.29, 1.82) is 0 Å². The smallest absolute Gasteiger partial charge is 1.00 e. The molecule has 18 nitrogen and oxygen atoms in total. The van der Waals surface area contributed by atoms with Crippen molar-refractivity contribution in [1.82, 2.24) is 29.9 Å². The summed E-state index contributed by atoms with van der Waals surface area (Å²) in [7, 11) is 0. The van der Waals surface area contributed by atoms with Crippen LogP contribution in [-0.4, -0.2) is 91.3 Å². The number of halogens is 2. The van der Waals surface area contributed by atoms with Crippen LogP contribution < -0.4 is 17.5 Å². The Morgan fingerprint density at radius 3 is 0.684 bits per heavy atom. The quantitative estimate of drug-likeness (QED) is 0.126. The zero-order valence-electron chi connectivity index (χ0n) is 28.3. The Balaban J connectivity index is 0.000000417. The van der Waals surface area contributed by atoms with Crippen molar-refractivity contribution in [3.63, 3.8) is 0 Å². The molecular weight excluding hydrogens is 880 g/mol. The minimum atomic E-state index is -1.33. The molecule has 0 saturated carbocycles. The number of carbonyl (C=O) groups is 6. The largest absolute Gasteiger partial charge is 2.00 e. The predicted octanol–water partition coefficient (Wildman–Crippen LogP) is 0.976. The van der Waals surface area contributed by atoms with Gasteiger partial charge in [-0.25, -0.2) is 24.0 Å². The average molecular weight is 904 g/mol. The number of carboxylic acid groups (broad SMARTS) is 6. The second-order valence-corrected chi connectivity index (χ2v) is 10.4. The average Bonchev–Trinajstić information content (AvgIpc) is 3.18. The third-order valence-corrected chi connectivity index (χ3v) is 6.82. The molecule has 6 heterocycles. The van der Waals surface area contributed by atoms with E-state index in [9.17, 15) is 33.9 Å². The Hall–Kier alpha value is -7.08. The summed E-state index contributed by atoms with van der Waals surface area (Å²) >= 11 is 0. The van der Waals surface area contributed by atoms with E-state index in [-0.39, 0.29) is 89.1 Å². The van der Waals surface area contributed by atoms with E-state index in [1.165, 1.54) is 110 Å². The summed E-state index contributed by atoms with van der Waals surface area (Å²) in [5, 5.41) is 55.0. The summed E-state index contributed by atoms with van der Waals surface area (Å²) < 4.78 is 0. The molecule has 6 aromatic heterocycles. The number of hydrogen-bond acceptors (Lipinski definition) is 13. The standard InChI is InChI=1S/3C12H8N2O4.ClH.Cl.Ru/c3*15-11(16)7-1-3-13-9(5-7)10-6-8(12(17)18)2-4-14-10;;;/h3*1-6H,(H,15,16)(H,17,18);1H;;/q;;;;;+2/p-2. The van der Waals surface area contributed by atoms with E-state index in [0.717, 1.165) is 0 Å². The molecule has 0 unspecified atom stereocenters. The first-order chi connectivity index (χ1) is 25.7. The zero-order chi connectivity index (χ0) is 39.4. The van der Waals surface area contributed by atoms with Gasteiger partial charge in [-0.05, 0) is 72.8 Å². The van der Waals surface area contributed by atoms with Crippen LogP contribution >= 0.6 is 12.4 Å². The summed E-state index contributed by atoms with van der Waals surface area (Å²) in [6.07, 6.45) is 7.99. The number of nitrogens with zero attached hydrogens (tertiary/aromatic N) is 6. The van der Waals surface area contributed by atoms with Crippen LogP contribution in [-0.2, 0) is 19.5 Å². The van der Waals surface area contributed by atoms with Crippen molar-refractivity contribution in [3.05, 3.63) is 143 Å². The van der Waals surface area contributed by atoms with Crippen LogP contribution in [0.3, 0.4) is 0 Å². The molecule has 5 N–H and O–H groups in total. The fourth-order valence-corrected chi connectivity index (χ4v) is 4.22. The molecule has 0 atom stereocenters. The van der Waals surface area contributed by atoms with Crippen LogP contribution in [0.25, 0.3) is 34.2 Å². The maximum absolute atomic E-state index is 10.8. The van der Waals surface area contributed by atoms with Crippen LogP contribution in [0, 0.1) is 0 Å². The van der Waals surface area contributed by atoms with Gasteiger partial charge in [0.15, 0.2) is 0 Å². The molecule has 0 aliphatic carbocycles. The molecule has 0 aromatic carbocycles. The van der Waals surface area contributed by atoms with Gasteiger partial charge in [0.2, 0.25) is 0 Å². The van der Waals surface area contributed by atoms with Crippen LogP contribution in [0.4, 0.5) is 0 Å². The minimum absolute atomic E-state index is 0. The molecule has 0 amide bonds. The van der Waals surface area contributed by atoms with Gasteiger partial charge in [-0.2, -0.15) is 0 Å². The first-order valence-corrected chi connectivity index (χ1v) is 14.9. The number of rotatable bonds is 9. The van der Waals surface area contributed by atoms with E-state index in [2.05, 4.69) is 29.9 Å². The van der Waals surface area contributed by atoms with Gasteiger partial charge in [0.1, 0.15) is 0 Å². The monoisotopic (exact) mass is 903 g/mol. The third-order valence-electron chi connectivity index (χ3n) is 6.82. The summed E-state index contributed by atoms with van der Waals surface area (Å²) in [5.74, 6) is -6.72. The van der Waals surface area contributed by atoms with Gasteiger partial charge < -0.3 is 47.8 Å². The Bertz CT molecular complexity index is 1990. The molecule has 0 aliphatic rings. The second-order valence-electron chi connectivity index (χ2n) is 10.4. The molecule has 291 valence electrons. The molecule has 21 heteroatoms. The van der Waals surface area contributed by atoms with Gasteiger partial charge in [-0.15, -0.1) is 0 Å². The first-order valence-electron chi connectivity index (χ1n) is 14.9. The number of carbonyl (C=O) groups excluding carboxylic acids is 1. The zero-order valence-corrected chi connectivity index (χ0v) is 31.5. The Morgan fingerprint density at radius 2 is 0.526 bits per heavy atom. The minimum Gasteiger partial charge on any atom is -1.00 e. The first kappa shape index (κ1) is 47.9. The molecule has 0 saturated heterocycles. The van der Waals surface area contributed by atoms with Gasteiger partial charge in [0.25, 0.3) is 0 Å². The van der Waals surface area contributed by atoms with Gasteiger partial charge in [0.05, 0.1) is 68.0 Å². The van der Waals surface area contributed by atoms with Gasteiger partial charge in [0, 0.05) is 55.2 Å². The predicted molar refractivity (Wildman–Crippen MR) is 187 cm³/mol. The number of pyridine rings is 6. The van der Waals surface area contributed by atoms with Gasteiger partial charge in [-0.3, -0.25) is 29.9 Å². The third kappa shape index (κ3) is 13.6. The Morgan fingerprint density at radius 1 is 0.368 bits per heavy atom. The number of aromatic carboxylic acids is 6. The topological polar surface area (TPSA) is 304 Å². The number of aromatic nitrogens is 6. The van der Waals surface area contributed by atoms with E-state index < -0.39 is 35.8 Å². The van der Waals surface area contributed by atoms with Crippen molar-refractivity contribution in [2.75, 3.05) is 0 Å². The van der Waals surface area contributed by atoms with Crippen LogP contribution in [0.5, 0.6) is 0 Å². The summed E-state index contributed by atoms with van der Waals surface area (Å²) in [5.41, 5.74) is 2.14. The molecule has 6 aromatic rings. The summed E-state index contributed by atoms with van der Waals surface area (Å²) in [4.78, 5) is 88.6. The van der Waals surface area contributed by atoms with E-state index >= 15 is 0 Å². The van der Waals surface area contributed by atoms with Crippen LogP contribution in [0.2, 0.25) is 0 Å². The molecular formula is C36H23Cl2N6O12Ru. The molecule has 1 radical (unpaired) electrons. The van der Waals surface area contributed by atoms with E-state index in [0.29, 0.717) is 22.8 Å². The maximum atomic E-state index is 10.8. The van der Waals surface area contributed by atoms with E-state index in [1.807, 2.05) is 0 Å². The number of carboxylic acids is 6. The molecule has 0 aliphatic heterocycles. The maximum Gasteiger partial charge on any atom is 2.00 e. The second kappa shape index (κ2) is 22.3. The molecule has 6 rings (SSSR count). The van der Waals surface area contributed by atoms with E-state index in [1.54, 1.807) is 0 Å². The summed E-state index contributed by atoms with van der Waals surface area (Å²) in [6.45, 7) is 0. The Kier molecular flexibility index (Phi) is 18.8. The molecule has 0 fully saturated rings. The SMILES string of the molecule is O=C(O)c1ccnc(-c2cc(C(=O)O)ccn2)c1.O=C(O)c1ccnc(-c2cc(C(=O)O)ccn2)c1.O=C([O-])c1ccnc(-c2cc(C(=O)O)ccn2)c1.[Cl-].[Cl].[Ru+2]. The van der Waals surface area contributed by atoms with Gasteiger partial charge in [-0.1, -0.05) is 0 Å². The normalized spacial score (nSPS) is 9.47. The van der Waals surface area contributed by atoms with Crippen molar-refractivity contribution in [3.8, 4) is 34.2 Å². The van der Waals surface area contributed by atoms with Gasteiger partial charge >= 0.3 is 49.3 Å². The van der Waals surface area contributed by atoms with Crippen molar-refractivity contribution < 1.29 is 91.3 Å². The van der Waals surface area contributed by atoms with Crippen molar-refractivity contribution >= 4 is 48.2 Å².